The highest BCUT2D eigenvalue weighted by atomic mass is 32.1. The normalized spacial score (nSPS) is 19.4. The van der Waals surface area contributed by atoms with Crippen LogP contribution < -0.4 is 16.0 Å². The zero-order valence-electron chi connectivity index (χ0n) is 17.8. The van der Waals surface area contributed by atoms with E-state index in [2.05, 4.69) is 46.9 Å². The van der Waals surface area contributed by atoms with Gasteiger partial charge in [0, 0.05) is 11.5 Å². The van der Waals surface area contributed by atoms with Gasteiger partial charge < -0.3 is 15.7 Å². The second kappa shape index (κ2) is 10.4. The van der Waals surface area contributed by atoms with Crippen LogP contribution in [0.4, 0.5) is 18.3 Å². The third-order valence-electron chi connectivity index (χ3n) is 4.57. The number of carbonyl (C=O) groups excluding carboxylic acids is 2. The molecule has 0 aromatic carbocycles. The van der Waals surface area contributed by atoms with Crippen molar-refractivity contribution in [3.63, 3.8) is 0 Å². The van der Waals surface area contributed by atoms with E-state index in [-0.39, 0.29) is 29.3 Å². The molecule has 2 aliphatic rings. The molecule has 1 saturated heterocycles. The lowest BCUT2D eigenvalue weighted by Crippen LogP contribution is -2.55. The molecule has 1 aromatic rings. The molecule has 32 heavy (non-hydrogen) atoms. The molecule has 0 unspecified atom stereocenters. The molecule has 1 aliphatic heterocycles. The van der Waals surface area contributed by atoms with Gasteiger partial charge in [-0.1, -0.05) is 38.2 Å². The van der Waals surface area contributed by atoms with E-state index in [9.17, 15) is 22.8 Å². The van der Waals surface area contributed by atoms with Crippen LogP contribution in [-0.2, 0) is 19.8 Å². The fourth-order valence-corrected chi connectivity index (χ4v) is 3.27. The number of carbonyl (C=O) groups is 3. The van der Waals surface area contributed by atoms with Crippen molar-refractivity contribution in [2.45, 2.75) is 63.7 Å². The quantitative estimate of drug-likeness (QED) is 0.462. The van der Waals surface area contributed by atoms with Crippen LogP contribution in [0.15, 0.2) is 12.2 Å². The standard InChI is InChI=1S/C17H25N5O2S.C2HF3O2/c1-17(2,3)15-21-22-16(25-15)20-13(23)7-6-11(10-4-5-10)19-14(24)12-8-9-18-12;3-2(4,5)1(6)7/h6-7,10-12,18H,4-5,8-9H2,1-3H3,(H,19,24)(H,20,22,23);(H,6,7)/t11-,12+;/m1./s1. The van der Waals surface area contributed by atoms with Crippen molar-refractivity contribution in [2.75, 3.05) is 11.9 Å². The number of hydrogen-bond acceptors (Lipinski definition) is 7. The number of aromatic nitrogens is 2. The smallest absolute Gasteiger partial charge is 0.475 e. The highest BCUT2D eigenvalue weighted by Crippen LogP contribution is 2.33. The van der Waals surface area contributed by atoms with Crippen LogP contribution in [0, 0.1) is 5.92 Å². The van der Waals surface area contributed by atoms with Gasteiger partial charge in [-0.3, -0.25) is 14.9 Å². The summed E-state index contributed by atoms with van der Waals surface area (Å²) in [5.41, 5.74) is -0.0899. The van der Waals surface area contributed by atoms with E-state index in [1.54, 1.807) is 6.08 Å². The number of anilines is 1. The van der Waals surface area contributed by atoms with Crippen LogP contribution in [-0.4, -0.2) is 57.9 Å². The molecule has 1 aliphatic carbocycles. The molecule has 2 amide bonds. The van der Waals surface area contributed by atoms with Gasteiger partial charge >= 0.3 is 12.1 Å². The predicted octanol–water partition coefficient (Wildman–Crippen LogP) is 2.22. The Bertz CT molecular complexity index is 858. The molecule has 0 radical (unpaired) electrons. The Morgan fingerprint density at radius 1 is 1.19 bits per heavy atom. The molecule has 2 heterocycles. The van der Waals surface area contributed by atoms with E-state index in [1.165, 1.54) is 17.4 Å². The van der Waals surface area contributed by atoms with Crippen LogP contribution in [0.3, 0.4) is 0 Å². The van der Waals surface area contributed by atoms with Crippen LogP contribution in [0.25, 0.3) is 0 Å². The Morgan fingerprint density at radius 3 is 2.19 bits per heavy atom. The number of carboxylic acid groups (broad SMARTS) is 1. The van der Waals surface area contributed by atoms with Gasteiger partial charge in [-0.15, -0.1) is 10.2 Å². The summed E-state index contributed by atoms with van der Waals surface area (Å²) in [7, 11) is 0. The molecule has 3 rings (SSSR count). The van der Waals surface area contributed by atoms with Gasteiger partial charge in [0.2, 0.25) is 16.9 Å². The number of halogens is 3. The van der Waals surface area contributed by atoms with Crippen molar-refractivity contribution in [3.8, 4) is 0 Å². The number of amides is 2. The summed E-state index contributed by atoms with van der Waals surface area (Å²) < 4.78 is 31.7. The van der Waals surface area contributed by atoms with Gasteiger partial charge in [-0.25, -0.2) is 4.79 Å². The van der Waals surface area contributed by atoms with Crippen LogP contribution in [0.5, 0.6) is 0 Å². The van der Waals surface area contributed by atoms with Gasteiger partial charge in [0.25, 0.3) is 0 Å². The van der Waals surface area contributed by atoms with Gasteiger partial charge in [-0.05, 0) is 31.7 Å². The maximum absolute atomic E-state index is 12.1. The zero-order chi connectivity index (χ0) is 24.1. The molecule has 2 atom stereocenters. The highest BCUT2D eigenvalue weighted by molar-refractivity contribution is 7.15. The second-order valence-electron chi connectivity index (χ2n) is 8.48. The highest BCUT2D eigenvalue weighted by Gasteiger charge is 2.38. The minimum absolute atomic E-state index is 0.0205. The summed E-state index contributed by atoms with van der Waals surface area (Å²) >= 11 is 1.38. The summed E-state index contributed by atoms with van der Waals surface area (Å²) in [5, 5.41) is 25.5. The van der Waals surface area contributed by atoms with E-state index in [0.717, 1.165) is 30.8 Å². The summed E-state index contributed by atoms with van der Waals surface area (Å²) in [6.45, 7) is 7.06. The Kier molecular flexibility index (Phi) is 8.35. The summed E-state index contributed by atoms with van der Waals surface area (Å²) in [4.78, 5) is 33.1. The third kappa shape index (κ3) is 8.19. The minimum Gasteiger partial charge on any atom is -0.475 e. The minimum atomic E-state index is -5.08. The number of nitrogens with zero attached hydrogens (tertiary/aromatic N) is 2. The molecular weight excluding hydrogens is 451 g/mol. The first-order chi connectivity index (χ1) is 14.8. The van der Waals surface area contributed by atoms with E-state index in [0.29, 0.717) is 11.0 Å². The lowest BCUT2D eigenvalue weighted by molar-refractivity contribution is -0.192. The third-order valence-corrected chi connectivity index (χ3v) is 5.84. The van der Waals surface area contributed by atoms with E-state index in [4.69, 9.17) is 9.90 Å². The first kappa shape index (κ1) is 25.7. The average molecular weight is 478 g/mol. The molecule has 1 saturated carbocycles. The Labute approximate surface area is 186 Å². The van der Waals surface area contributed by atoms with Crippen molar-refractivity contribution in [1.82, 2.24) is 20.8 Å². The van der Waals surface area contributed by atoms with Crippen LogP contribution in [0.2, 0.25) is 0 Å². The Balaban J connectivity index is 0.000000451. The number of rotatable bonds is 6. The second-order valence-corrected chi connectivity index (χ2v) is 9.46. The molecular formula is C19H26F3N5O4S. The van der Waals surface area contributed by atoms with E-state index < -0.39 is 12.1 Å². The monoisotopic (exact) mass is 477 g/mol. The maximum atomic E-state index is 12.1. The molecule has 178 valence electrons. The largest absolute Gasteiger partial charge is 0.490 e. The van der Waals surface area contributed by atoms with Crippen molar-refractivity contribution in [3.05, 3.63) is 17.2 Å². The van der Waals surface area contributed by atoms with Gasteiger partial charge in [0.15, 0.2) is 0 Å². The summed E-state index contributed by atoms with van der Waals surface area (Å²) in [5.74, 6) is -2.56. The van der Waals surface area contributed by atoms with E-state index in [1.807, 2.05) is 0 Å². The summed E-state index contributed by atoms with van der Waals surface area (Å²) in [6, 6.07) is -0.166. The van der Waals surface area contributed by atoms with Crippen molar-refractivity contribution in [2.24, 2.45) is 5.92 Å². The molecule has 1 aromatic heterocycles. The average Bonchev–Trinajstić information content (AvgIpc) is 3.34. The van der Waals surface area contributed by atoms with Crippen molar-refractivity contribution < 1.29 is 32.7 Å². The van der Waals surface area contributed by atoms with Gasteiger partial charge in [-0.2, -0.15) is 13.2 Å². The van der Waals surface area contributed by atoms with Crippen molar-refractivity contribution in [1.29, 1.82) is 0 Å². The zero-order valence-corrected chi connectivity index (χ0v) is 18.6. The number of alkyl halides is 3. The first-order valence-electron chi connectivity index (χ1n) is 9.94. The summed E-state index contributed by atoms with van der Waals surface area (Å²) in [6.07, 6.45) is 1.23. The first-order valence-corrected chi connectivity index (χ1v) is 10.8. The number of carboxylic acids is 1. The topological polar surface area (TPSA) is 133 Å². The molecule has 13 heteroatoms. The maximum Gasteiger partial charge on any atom is 0.490 e. The van der Waals surface area contributed by atoms with E-state index >= 15 is 0 Å². The molecule has 0 bridgehead atoms. The lowest BCUT2D eigenvalue weighted by Gasteiger charge is -2.28. The SMILES string of the molecule is CC(C)(C)c1nnc(NC(=O)C=C[C@@H](NC(=O)[C@@H]2CCN2)C2CC2)s1.O=C(O)C(F)(F)F. The lowest BCUT2D eigenvalue weighted by atomic mass is 9.98. The fourth-order valence-electron chi connectivity index (χ4n) is 2.47. The van der Waals surface area contributed by atoms with Gasteiger partial charge in [0.1, 0.15) is 5.01 Å². The molecule has 4 N–H and O–H groups in total. The van der Waals surface area contributed by atoms with Gasteiger partial charge in [0.05, 0.1) is 12.1 Å². The number of hydrogen-bond donors (Lipinski definition) is 4. The molecule has 2 fully saturated rings. The molecule has 0 spiro atoms. The number of nitrogens with one attached hydrogen (secondary N) is 3. The van der Waals surface area contributed by atoms with Crippen LogP contribution in [0.1, 0.15) is 45.0 Å². The Morgan fingerprint density at radius 2 is 1.78 bits per heavy atom. The predicted molar refractivity (Wildman–Crippen MR) is 111 cm³/mol. The van der Waals surface area contributed by atoms with Crippen molar-refractivity contribution >= 4 is 34.3 Å². The fraction of sp³-hybridized carbons (Fsp3) is 0.632. The number of aliphatic carboxylic acids is 1. The Hall–Kier alpha value is -2.54. The van der Waals surface area contributed by atoms with Crippen LogP contribution >= 0.6 is 11.3 Å². The molecule has 9 nitrogen and oxygen atoms in total.